The molecule has 0 saturated carbocycles. The van der Waals surface area contributed by atoms with Crippen molar-refractivity contribution in [3.8, 4) is 10.6 Å². The highest BCUT2D eigenvalue weighted by atomic mass is 32.1. The number of hydrogen-bond acceptors (Lipinski definition) is 6. The molecule has 0 aliphatic heterocycles. The van der Waals surface area contributed by atoms with Gasteiger partial charge in [0.2, 0.25) is 10.9 Å². The molecule has 9 heteroatoms. The van der Waals surface area contributed by atoms with Crippen LogP contribution in [0.2, 0.25) is 0 Å². The van der Waals surface area contributed by atoms with Gasteiger partial charge in [-0.1, -0.05) is 30.4 Å². The zero-order valence-corrected chi connectivity index (χ0v) is 13.2. The molecule has 0 fully saturated rings. The Balaban J connectivity index is 1.79. The Labute approximate surface area is 135 Å². The smallest absolute Gasteiger partial charge is 0.234 e. The lowest BCUT2D eigenvalue weighted by Gasteiger charge is -2.09. The normalized spacial score (nSPS) is 10.6. The van der Waals surface area contributed by atoms with Crippen LogP contribution < -0.4 is 10.6 Å². The van der Waals surface area contributed by atoms with Gasteiger partial charge in [-0.3, -0.25) is 4.79 Å². The van der Waals surface area contributed by atoms with E-state index < -0.39 is 0 Å². The van der Waals surface area contributed by atoms with Gasteiger partial charge in [-0.25, -0.2) is 0 Å². The van der Waals surface area contributed by atoms with Crippen molar-refractivity contribution in [2.24, 2.45) is 0 Å². The molecule has 3 rings (SSSR count). The number of benzene rings is 1. The summed E-state index contributed by atoms with van der Waals surface area (Å²) in [6.45, 7) is 1.77. The number of fused-ring (bicyclic) bond motifs is 1. The van der Waals surface area contributed by atoms with Crippen molar-refractivity contribution in [3.05, 3.63) is 30.6 Å². The second-order valence-electron chi connectivity index (χ2n) is 4.40. The van der Waals surface area contributed by atoms with Crippen LogP contribution in [0.5, 0.6) is 0 Å². The minimum Gasteiger partial charge on any atom is -0.332 e. The molecule has 1 amide bonds. The Hall–Kier alpha value is -2.39. The van der Waals surface area contributed by atoms with Crippen molar-refractivity contribution in [1.82, 2.24) is 25.1 Å². The van der Waals surface area contributed by atoms with Gasteiger partial charge in [0.15, 0.2) is 5.11 Å². The van der Waals surface area contributed by atoms with Gasteiger partial charge >= 0.3 is 0 Å². The van der Waals surface area contributed by atoms with Gasteiger partial charge in [0.05, 0.1) is 0 Å². The van der Waals surface area contributed by atoms with Crippen LogP contribution in [0.15, 0.2) is 30.6 Å². The topological polar surface area (TPSA) is 84.2 Å². The van der Waals surface area contributed by atoms with E-state index in [2.05, 4.69) is 25.9 Å². The highest BCUT2D eigenvalue weighted by Gasteiger charge is 2.09. The molecule has 0 radical (unpaired) electrons. The van der Waals surface area contributed by atoms with Crippen molar-refractivity contribution in [1.29, 1.82) is 0 Å². The number of anilines is 1. The maximum Gasteiger partial charge on any atom is 0.234 e. The minimum absolute atomic E-state index is 0.123. The molecule has 0 spiro atoms. The summed E-state index contributed by atoms with van der Waals surface area (Å²) in [5.41, 5.74) is 1.72. The molecule has 22 heavy (non-hydrogen) atoms. The van der Waals surface area contributed by atoms with E-state index >= 15 is 0 Å². The monoisotopic (exact) mass is 332 g/mol. The zero-order chi connectivity index (χ0) is 15.5. The fraction of sp³-hybridized carbons (Fsp3) is 0.154. The van der Waals surface area contributed by atoms with Crippen LogP contribution >= 0.6 is 23.6 Å². The Morgan fingerprint density at radius 2 is 2.32 bits per heavy atom. The average molecular weight is 332 g/mol. The largest absolute Gasteiger partial charge is 0.332 e. The first-order valence-electron chi connectivity index (χ1n) is 6.54. The van der Waals surface area contributed by atoms with Gasteiger partial charge in [-0.2, -0.15) is 9.61 Å². The lowest BCUT2D eigenvalue weighted by molar-refractivity contribution is -0.119. The fourth-order valence-electron chi connectivity index (χ4n) is 1.78. The van der Waals surface area contributed by atoms with Crippen LogP contribution in [0.1, 0.15) is 13.3 Å². The predicted octanol–water partition coefficient (Wildman–Crippen LogP) is 2.08. The number of aromatic nitrogens is 4. The molecule has 0 saturated heterocycles. The summed E-state index contributed by atoms with van der Waals surface area (Å²) in [5, 5.41) is 18.8. The summed E-state index contributed by atoms with van der Waals surface area (Å²) in [6.07, 6.45) is 1.95. The number of carbonyl (C=O) groups excluding carboxylic acids is 1. The van der Waals surface area contributed by atoms with Crippen LogP contribution in [-0.2, 0) is 4.79 Å². The van der Waals surface area contributed by atoms with Crippen molar-refractivity contribution >= 4 is 45.2 Å². The second-order valence-corrected chi connectivity index (χ2v) is 5.77. The first-order valence-corrected chi connectivity index (χ1v) is 7.76. The molecule has 1 aromatic carbocycles. The van der Waals surface area contributed by atoms with Crippen molar-refractivity contribution in [3.63, 3.8) is 0 Å². The highest BCUT2D eigenvalue weighted by molar-refractivity contribution is 7.80. The van der Waals surface area contributed by atoms with E-state index in [1.807, 2.05) is 24.3 Å². The Morgan fingerprint density at radius 1 is 1.45 bits per heavy atom. The summed E-state index contributed by atoms with van der Waals surface area (Å²) in [5.74, 6) is -0.123. The Kier molecular flexibility index (Phi) is 4.07. The van der Waals surface area contributed by atoms with E-state index in [0.717, 1.165) is 21.2 Å². The number of nitrogens with one attached hydrogen (secondary N) is 2. The molecule has 2 N–H and O–H groups in total. The quantitative estimate of drug-likeness (QED) is 0.714. The molecule has 112 valence electrons. The molecule has 0 aliphatic carbocycles. The van der Waals surface area contributed by atoms with Gasteiger partial charge in [0.1, 0.15) is 11.3 Å². The molecular weight excluding hydrogens is 320 g/mol. The van der Waals surface area contributed by atoms with Crippen LogP contribution in [0, 0.1) is 0 Å². The second kappa shape index (κ2) is 6.16. The van der Waals surface area contributed by atoms with Crippen LogP contribution in [-0.4, -0.2) is 30.8 Å². The number of carbonyl (C=O) groups is 1. The minimum atomic E-state index is -0.123. The third kappa shape index (κ3) is 3.10. The van der Waals surface area contributed by atoms with E-state index in [1.165, 1.54) is 11.3 Å². The average Bonchev–Trinajstić information content (AvgIpc) is 3.08. The molecule has 0 aliphatic rings. The molecule has 0 bridgehead atoms. The van der Waals surface area contributed by atoms with Gasteiger partial charge in [-0.15, -0.1) is 10.2 Å². The van der Waals surface area contributed by atoms with E-state index in [9.17, 15) is 4.79 Å². The SMILES string of the molecule is CCC(=O)NC(=S)Nc1cccc(-c2nn3cnnc3s2)c1. The predicted molar refractivity (Wildman–Crippen MR) is 88.7 cm³/mol. The molecule has 2 aromatic heterocycles. The fourth-order valence-corrected chi connectivity index (χ4v) is 2.83. The summed E-state index contributed by atoms with van der Waals surface area (Å²) in [7, 11) is 0. The number of hydrogen-bond donors (Lipinski definition) is 2. The van der Waals surface area contributed by atoms with Crippen LogP contribution in [0.4, 0.5) is 5.69 Å². The van der Waals surface area contributed by atoms with Crippen LogP contribution in [0.25, 0.3) is 15.5 Å². The number of thiocarbonyl (C=S) groups is 1. The van der Waals surface area contributed by atoms with Gasteiger partial charge in [0, 0.05) is 17.7 Å². The summed E-state index contributed by atoms with van der Waals surface area (Å²) in [6, 6.07) is 7.62. The van der Waals surface area contributed by atoms with Gasteiger partial charge in [0.25, 0.3) is 0 Å². The molecule has 0 unspecified atom stereocenters. The summed E-state index contributed by atoms with van der Waals surface area (Å²) in [4.78, 5) is 12.0. The van der Waals surface area contributed by atoms with Crippen molar-refractivity contribution < 1.29 is 4.79 Å². The lowest BCUT2D eigenvalue weighted by atomic mass is 10.2. The maximum atomic E-state index is 11.3. The first kappa shape index (κ1) is 14.5. The maximum absolute atomic E-state index is 11.3. The number of nitrogens with zero attached hydrogens (tertiary/aromatic N) is 4. The number of amides is 1. The molecule has 3 aromatic rings. The lowest BCUT2D eigenvalue weighted by Crippen LogP contribution is -2.33. The van der Waals surface area contributed by atoms with Crippen LogP contribution in [0.3, 0.4) is 0 Å². The molecule has 0 atom stereocenters. The van der Waals surface area contributed by atoms with Gasteiger partial charge < -0.3 is 10.6 Å². The Morgan fingerprint density at radius 3 is 3.09 bits per heavy atom. The van der Waals surface area contributed by atoms with E-state index in [4.69, 9.17) is 12.2 Å². The van der Waals surface area contributed by atoms with E-state index in [1.54, 1.807) is 17.8 Å². The third-order valence-electron chi connectivity index (χ3n) is 2.83. The standard InChI is InChI=1S/C13H12N6OS2/c1-2-10(20)16-12(21)15-9-5-3-4-8(6-9)11-18-19-7-14-17-13(19)22-11/h3-7H,2H2,1H3,(H2,15,16,20,21). The Bertz CT molecular complexity index is 811. The van der Waals surface area contributed by atoms with Crippen molar-refractivity contribution in [2.75, 3.05) is 5.32 Å². The van der Waals surface area contributed by atoms with E-state index in [-0.39, 0.29) is 11.0 Å². The highest BCUT2D eigenvalue weighted by Crippen LogP contribution is 2.26. The van der Waals surface area contributed by atoms with Crippen molar-refractivity contribution in [2.45, 2.75) is 13.3 Å². The molecular formula is C13H12N6OS2. The molecule has 2 heterocycles. The molecule has 7 nitrogen and oxygen atoms in total. The third-order valence-corrected chi connectivity index (χ3v) is 3.99. The first-order chi connectivity index (χ1) is 10.7. The summed E-state index contributed by atoms with van der Waals surface area (Å²) < 4.78 is 1.63. The van der Waals surface area contributed by atoms with Gasteiger partial charge in [-0.05, 0) is 24.4 Å². The zero-order valence-electron chi connectivity index (χ0n) is 11.6. The summed E-state index contributed by atoms with van der Waals surface area (Å²) >= 11 is 6.55. The number of rotatable bonds is 3. The van der Waals surface area contributed by atoms with E-state index in [0.29, 0.717) is 6.42 Å².